The fourth-order valence-electron chi connectivity index (χ4n) is 1.27. The minimum Gasteiger partial charge on any atom is -0.250 e. The molecule has 0 saturated carbocycles. The Hall–Kier alpha value is -1.84. The van der Waals surface area contributed by atoms with E-state index in [1.807, 2.05) is 0 Å². The van der Waals surface area contributed by atoms with Gasteiger partial charge in [0.25, 0.3) is 0 Å². The molecule has 1 heterocycles. The molecule has 0 saturated heterocycles. The van der Waals surface area contributed by atoms with Crippen molar-refractivity contribution in [3.05, 3.63) is 54.0 Å². The van der Waals surface area contributed by atoms with E-state index in [0.29, 0.717) is 6.07 Å². The number of hydrogen-bond donors (Lipinski definition) is 0. The van der Waals surface area contributed by atoms with Gasteiger partial charge < -0.3 is 0 Å². The summed E-state index contributed by atoms with van der Waals surface area (Å²) < 4.78 is 39.1. The van der Waals surface area contributed by atoms with Crippen LogP contribution in [0.25, 0.3) is 11.3 Å². The number of pyridine rings is 1. The molecule has 0 aliphatic carbocycles. The van der Waals surface area contributed by atoms with Gasteiger partial charge in [0.2, 0.25) is 0 Å². The number of aromatic nitrogens is 1. The summed E-state index contributed by atoms with van der Waals surface area (Å²) in [5.41, 5.74) is -0.162. The Bertz CT molecular complexity index is 497. The van der Waals surface area contributed by atoms with Crippen molar-refractivity contribution in [2.75, 3.05) is 0 Å². The van der Waals surface area contributed by atoms with Crippen molar-refractivity contribution in [2.45, 2.75) is 0 Å². The van der Waals surface area contributed by atoms with Crippen molar-refractivity contribution in [2.24, 2.45) is 0 Å². The molecule has 0 N–H and O–H groups in total. The van der Waals surface area contributed by atoms with Crippen LogP contribution >= 0.6 is 0 Å². The monoisotopic (exact) mass is 209 g/mol. The lowest BCUT2D eigenvalue weighted by molar-refractivity contribution is 0.573. The number of nitrogens with zero attached hydrogens (tertiary/aromatic N) is 1. The first kappa shape index (κ1) is 9.71. The van der Waals surface area contributed by atoms with Gasteiger partial charge in [0, 0.05) is 11.6 Å². The van der Waals surface area contributed by atoms with Gasteiger partial charge in [-0.25, -0.2) is 13.2 Å². The van der Waals surface area contributed by atoms with Crippen LogP contribution in [0.2, 0.25) is 0 Å². The Kier molecular flexibility index (Phi) is 2.41. The highest BCUT2D eigenvalue weighted by Crippen LogP contribution is 2.23. The molecule has 1 nitrogen and oxygen atoms in total. The summed E-state index contributed by atoms with van der Waals surface area (Å²) in [6.07, 6.45) is 0.852. The third-order valence-electron chi connectivity index (χ3n) is 1.94. The molecular weight excluding hydrogens is 203 g/mol. The minimum absolute atomic E-state index is 0.0231. The molecule has 1 aromatic heterocycles. The molecule has 2 rings (SSSR count). The van der Waals surface area contributed by atoms with Gasteiger partial charge in [-0.05, 0) is 12.1 Å². The quantitative estimate of drug-likeness (QED) is 0.702. The van der Waals surface area contributed by atoms with Crippen LogP contribution in [0.4, 0.5) is 13.2 Å². The highest BCUT2D eigenvalue weighted by molar-refractivity contribution is 5.60. The van der Waals surface area contributed by atoms with Crippen molar-refractivity contribution >= 4 is 0 Å². The summed E-state index contributed by atoms with van der Waals surface area (Å²) in [6.45, 7) is 0. The van der Waals surface area contributed by atoms with Gasteiger partial charge in [-0.2, -0.15) is 0 Å². The second-order valence-electron chi connectivity index (χ2n) is 2.96. The lowest BCUT2D eigenvalue weighted by Gasteiger charge is -2.03. The first-order valence-corrected chi connectivity index (χ1v) is 4.24. The van der Waals surface area contributed by atoms with E-state index in [1.165, 1.54) is 18.2 Å². The van der Waals surface area contributed by atoms with Crippen LogP contribution in [0.1, 0.15) is 0 Å². The Morgan fingerprint density at radius 3 is 2.33 bits per heavy atom. The lowest BCUT2D eigenvalue weighted by Crippen LogP contribution is -1.93. The van der Waals surface area contributed by atoms with E-state index in [4.69, 9.17) is 0 Å². The largest absolute Gasteiger partial charge is 0.250 e. The van der Waals surface area contributed by atoms with Crippen LogP contribution in [-0.4, -0.2) is 4.98 Å². The van der Waals surface area contributed by atoms with Gasteiger partial charge >= 0.3 is 0 Å². The van der Waals surface area contributed by atoms with Gasteiger partial charge in [0.1, 0.15) is 17.3 Å². The van der Waals surface area contributed by atoms with Gasteiger partial charge in [-0.3, -0.25) is 4.98 Å². The standard InChI is InChI=1S/C11H6F3N/c12-7-5-10(14)11(15-6-7)8-3-1-2-4-9(8)13/h1-6H. The fraction of sp³-hybridized carbons (Fsp3) is 0. The molecule has 0 bridgehead atoms. The number of hydrogen-bond acceptors (Lipinski definition) is 1. The van der Waals surface area contributed by atoms with Crippen LogP contribution in [0.15, 0.2) is 36.5 Å². The van der Waals surface area contributed by atoms with E-state index >= 15 is 0 Å². The first-order valence-electron chi connectivity index (χ1n) is 4.24. The SMILES string of the molecule is Fc1cnc(-c2ccccc2F)c(F)c1. The Morgan fingerprint density at radius 2 is 1.67 bits per heavy atom. The average molecular weight is 209 g/mol. The van der Waals surface area contributed by atoms with Crippen LogP contribution in [-0.2, 0) is 0 Å². The topological polar surface area (TPSA) is 12.9 Å². The third-order valence-corrected chi connectivity index (χ3v) is 1.94. The molecule has 0 atom stereocenters. The van der Waals surface area contributed by atoms with Crippen molar-refractivity contribution in [3.63, 3.8) is 0 Å². The van der Waals surface area contributed by atoms with E-state index in [-0.39, 0.29) is 11.3 Å². The molecule has 0 spiro atoms. The summed E-state index contributed by atoms with van der Waals surface area (Å²) in [4.78, 5) is 3.52. The summed E-state index contributed by atoms with van der Waals surface area (Å²) >= 11 is 0. The average Bonchev–Trinajstić information content (AvgIpc) is 2.20. The highest BCUT2D eigenvalue weighted by atomic mass is 19.1. The molecule has 76 valence electrons. The molecule has 0 aliphatic rings. The van der Waals surface area contributed by atoms with Crippen LogP contribution in [0.5, 0.6) is 0 Å². The maximum atomic E-state index is 13.3. The molecule has 0 unspecified atom stereocenters. The van der Waals surface area contributed by atoms with Gasteiger partial charge in [-0.1, -0.05) is 12.1 Å². The van der Waals surface area contributed by atoms with Gasteiger partial charge in [0.15, 0.2) is 5.82 Å². The van der Waals surface area contributed by atoms with Crippen molar-refractivity contribution < 1.29 is 13.2 Å². The molecule has 0 aliphatic heterocycles. The van der Waals surface area contributed by atoms with E-state index in [9.17, 15) is 13.2 Å². The van der Waals surface area contributed by atoms with E-state index < -0.39 is 17.5 Å². The fourth-order valence-corrected chi connectivity index (χ4v) is 1.27. The van der Waals surface area contributed by atoms with Crippen LogP contribution in [0, 0.1) is 17.5 Å². The molecule has 4 heteroatoms. The summed E-state index contributed by atoms with van der Waals surface area (Å²) in [5, 5.41) is 0. The Balaban J connectivity index is 2.60. The molecular formula is C11H6F3N. The minimum atomic E-state index is -0.875. The highest BCUT2D eigenvalue weighted by Gasteiger charge is 2.11. The zero-order valence-corrected chi connectivity index (χ0v) is 7.55. The zero-order valence-electron chi connectivity index (χ0n) is 7.55. The Labute approximate surface area is 84.2 Å². The summed E-state index contributed by atoms with van der Waals surface area (Å²) in [6, 6.07) is 6.30. The molecule has 0 fully saturated rings. The molecule has 0 radical (unpaired) electrons. The van der Waals surface area contributed by atoms with Crippen molar-refractivity contribution in [3.8, 4) is 11.3 Å². The first-order chi connectivity index (χ1) is 7.18. The third kappa shape index (κ3) is 1.83. The zero-order chi connectivity index (χ0) is 10.8. The van der Waals surface area contributed by atoms with Crippen molar-refractivity contribution in [1.82, 2.24) is 4.98 Å². The molecule has 1 aromatic carbocycles. The second-order valence-corrected chi connectivity index (χ2v) is 2.96. The van der Waals surface area contributed by atoms with Gasteiger partial charge in [0.05, 0.1) is 6.20 Å². The summed E-state index contributed by atoms with van der Waals surface area (Å²) in [7, 11) is 0. The molecule has 0 amide bonds. The molecule has 2 aromatic rings. The number of benzene rings is 1. The number of rotatable bonds is 1. The predicted molar refractivity (Wildman–Crippen MR) is 49.5 cm³/mol. The van der Waals surface area contributed by atoms with E-state index in [2.05, 4.69) is 4.98 Å². The van der Waals surface area contributed by atoms with Crippen LogP contribution in [0.3, 0.4) is 0 Å². The van der Waals surface area contributed by atoms with Crippen molar-refractivity contribution in [1.29, 1.82) is 0 Å². The predicted octanol–water partition coefficient (Wildman–Crippen LogP) is 3.17. The second kappa shape index (κ2) is 3.73. The molecule has 15 heavy (non-hydrogen) atoms. The smallest absolute Gasteiger partial charge is 0.152 e. The Morgan fingerprint density at radius 1 is 0.933 bits per heavy atom. The van der Waals surface area contributed by atoms with Crippen LogP contribution < -0.4 is 0 Å². The van der Waals surface area contributed by atoms with E-state index in [1.54, 1.807) is 6.07 Å². The lowest BCUT2D eigenvalue weighted by atomic mass is 10.1. The summed E-state index contributed by atoms with van der Waals surface area (Å²) in [5.74, 6) is -2.25. The van der Waals surface area contributed by atoms with E-state index in [0.717, 1.165) is 6.20 Å². The number of halogens is 3. The normalized spacial score (nSPS) is 10.3. The maximum absolute atomic E-state index is 13.3. The maximum Gasteiger partial charge on any atom is 0.152 e. The van der Waals surface area contributed by atoms with Gasteiger partial charge in [-0.15, -0.1) is 0 Å².